The van der Waals surface area contributed by atoms with Crippen LogP contribution < -0.4 is 0 Å². The van der Waals surface area contributed by atoms with Gasteiger partial charge in [-0.05, 0) is 47.7 Å². The zero-order valence-corrected chi connectivity index (χ0v) is 16.0. The predicted octanol–water partition coefficient (Wildman–Crippen LogP) is 6.61. The summed E-state index contributed by atoms with van der Waals surface area (Å²) in [6, 6.07) is 18.4. The fourth-order valence-electron chi connectivity index (χ4n) is 2.70. The minimum atomic E-state index is 0.766. The number of rotatable bonds is 4. The molecule has 4 aromatic rings. The first-order valence-corrected chi connectivity index (χ1v) is 10.1. The third-order valence-corrected chi connectivity index (χ3v) is 6.44. The van der Waals surface area contributed by atoms with Gasteiger partial charge in [-0.2, -0.15) is 0 Å². The van der Waals surface area contributed by atoms with E-state index in [4.69, 9.17) is 16.6 Å². The van der Waals surface area contributed by atoms with Crippen LogP contribution in [0, 0.1) is 6.92 Å². The summed E-state index contributed by atoms with van der Waals surface area (Å²) in [7, 11) is 0. The third-order valence-electron chi connectivity index (χ3n) is 3.98. The molecule has 124 valence electrons. The second-order valence-corrected chi connectivity index (χ2v) is 8.13. The van der Waals surface area contributed by atoms with Crippen molar-refractivity contribution in [2.24, 2.45) is 0 Å². The first-order valence-electron chi connectivity index (χ1n) is 7.89. The molecule has 0 saturated heterocycles. The van der Waals surface area contributed by atoms with E-state index in [9.17, 15) is 0 Å². The average molecular weight is 383 g/mol. The van der Waals surface area contributed by atoms with Gasteiger partial charge in [0.25, 0.3) is 0 Å². The summed E-state index contributed by atoms with van der Waals surface area (Å²) in [6.45, 7) is 2.13. The molecule has 0 aliphatic carbocycles. The molecule has 0 unspecified atom stereocenters. The monoisotopic (exact) mass is 382 g/mol. The normalized spacial score (nSPS) is 11.1. The van der Waals surface area contributed by atoms with E-state index in [1.165, 1.54) is 26.1 Å². The Bertz CT molecular complexity index is 1030. The highest BCUT2D eigenvalue weighted by Crippen LogP contribution is 2.38. The highest BCUT2D eigenvalue weighted by Gasteiger charge is 2.13. The van der Waals surface area contributed by atoms with Crippen molar-refractivity contribution in [1.82, 2.24) is 9.97 Å². The van der Waals surface area contributed by atoms with Gasteiger partial charge in [0, 0.05) is 21.7 Å². The van der Waals surface area contributed by atoms with Crippen LogP contribution in [0.15, 0.2) is 66.0 Å². The fraction of sp³-hybridized carbons (Fsp3) is 0.100. The van der Waals surface area contributed by atoms with E-state index in [1.54, 1.807) is 23.1 Å². The summed E-state index contributed by atoms with van der Waals surface area (Å²) in [5, 5.41) is 2.77. The van der Waals surface area contributed by atoms with Crippen LogP contribution >= 0.6 is 34.7 Å². The lowest BCUT2D eigenvalue weighted by atomic mass is 10.1. The second kappa shape index (κ2) is 7.16. The van der Waals surface area contributed by atoms with Crippen molar-refractivity contribution < 1.29 is 0 Å². The van der Waals surface area contributed by atoms with Crippen LogP contribution in [-0.4, -0.2) is 9.97 Å². The molecule has 0 N–H and O–H groups in total. The average Bonchev–Trinajstić information content (AvgIpc) is 2.97. The minimum Gasteiger partial charge on any atom is -0.231 e. The van der Waals surface area contributed by atoms with E-state index in [1.807, 2.05) is 30.5 Å². The Morgan fingerprint density at radius 1 is 1.08 bits per heavy atom. The standard InChI is InChI=1S/C20H15ClN2S2/c1-13-16-11-15(21)7-8-18(16)25-19(13)17-9-10-22-20(23-17)24-12-14-5-3-2-4-6-14/h2-11H,12H2,1H3. The molecule has 0 spiro atoms. The van der Waals surface area contributed by atoms with Gasteiger partial charge in [0.05, 0.1) is 10.6 Å². The molecule has 2 aromatic carbocycles. The Hall–Kier alpha value is -1.88. The Labute approximate surface area is 159 Å². The zero-order valence-electron chi connectivity index (χ0n) is 13.6. The van der Waals surface area contributed by atoms with Gasteiger partial charge in [-0.1, -0.05) is 53.7 Å². The first kappa shape index (κ1) is 16.6. The number of halogens is 1. The maximum atomic E-state index is 6.15. The molecule has 5 heteroatoms. The molecule has 0 aliphatic rings. The minimum absolute atomic E-state index is 0.766. The number of aromatic nitrogens is 2. The van der Waals surface area contributed by atoms with Crippen molar-refractivity contribution in [2.45, 2.75) is 17.8 Å². The van der Waals surface area contributed by atoms with Gasteiger partial charge in [-0.15, -0.1) is 11.3 Å². The van der Waals surface area contributed by atoms with Crippen molar-refractivity contribution in [3.05, 3.63) is 76.9 Å². The quantitative estimate of drug-likeness (QED) is 0.293. The molecule has 0 bridgehead atoms. The lowest BCUT2D eigenvalue weighted by molar-refractivity contribution is 0.973. The zero-order chi connectivity index (χ0) is 17.2. The molecular weight excluding hydrogens is 368 g/mol. The number of nitrogens with zero attached hydrogens (tertiary/aromatic N) is 2. The molecule has 0 saturated carbocycles. The van der Waals surface area contributed by atoms with Crippen molar-refractivity contribution in [3.63, 3.8) is 0 Å². The van der Waals surface area contributed by atoms with Gasteiger partial charge in [0.1, 0.15) is 0 Å². The molecule has 2 nitrogen and oxygen atoms in total. The molecule has 2 aromatic heterocycles. The largest absolute Gasteiger partial charge is 0.231 e. The second-order valence-electron chi connectivity index (χ2n) is 5.70. The van der Waals surface area contributed by atoms with Crippen LogP contribution in [0.4, 0.5) is 0 Å². The summed E-state index contributed by atoms with van der Waals surface area (Å²) in [4.78, 5) is 10.4. The van der Waals surface area contributed by atoms with E-state index >= 15 is 0 Å². The van der Waals surface area contributed by atoms with E-state index in [0.717, 1.165) is 21.6 Å². The molecule has 0 radical (unpaired) electrons. The number of aryl methyl sites for hydroxylation is 1. The lowest BCUT2D eigenvalue weighted by Gasteiger charge is -2.03. The van der Waals surface area contributed by atoms with Gasteiger partial charge in [0.2, 0.25) is 0 Å². The van der Waals surface area contributed by atoms with Gasteiger partial charge >= 0.3 is 0 Å². The van der Waals surface area contributed by atoms with Gasteiger partial charge in [-0.3, -0.25) is 0 Å². The number of thioether (sulfide) groups is 1. The highest BCUT2D eigenvalue weighted by atomic mass is 35.5. The Morgan fingerprint density at radius 3 is 2.76 bits per heavy atom. The van der Waals surface area contributed by atoms with Crippen LogP contribution in [0.25, 0.3) is 20.7 Å². The Morgan fingerprint density at radius 2 is 1.92 bits per heavy atom. The van der Waals surface area contributed by atoms with E-state index in [-0.39, 0.29) is 0 Å². The fourth-order valence-corrected chi connectivity index (χ4v) is 4.81. The molecule has 0 amide bonds. The van der Waals surface area contributed by atoms with E-state index in [0.29, 0.717) is 0 Å². The lowest BCUT2D eigenvalue weighted by Crippen LogP contribution is -1.90. The van der Waals surface area contributed by atoms with Crippen molar-refractivity contribution in [2.75, 3.05) is 0 Å². The molecule has 0 atom stereocenters. The first-order chi connectivity index (χ1) is 12.2. The number of benzene rings is 2. The van der Waals surface area contributed by atoms with Crippen molar-refractivity contribution >= 4 is 44.8 Å². The van der Waals surface area contributed by atoms with Crippen LogP contribution in [0.2, 0.25) is 5.02 Å². The predicted molar refractivity (Wildman–Crippen MR) is 109 cm³/mol. The molecule has 25 heavy (non-hydrogen) atoms. The van der Waals surface area contributed by atoms with E-state index < -0.39 is 0 Å². The van der Waals surface area contributed by atoms with Gasteiger partial charge in [-0.25, -0.2) is 9.97 Å². The summed E-state index contributed by atoms with van der Waals surface area (Å²) in [6.07, 6.45) is 1.84. The molecule has 4 rings (SSSR count). The molecule has 0 fully saturated rings. The van der Waals surface area contributed by atoms with Crippen molar-refractivity contribution in [1.29, 1.82) is 0 Å². The molecule has 2 heterocycles. The SMILES string of the molecule is Cc1c(-c2ccnc(SCc3ccccc3)n2)sc2ccc(Cl)cc12. The number of thiophene rings is 1. The molecule has 0 aliphatic heterocycles. The summed E-state index contributed by atoms with van der Waals surface area (Å²) >= 11 is 9.56. The maximum Gasteiger partial charge on any atom is 0.188 e. The van der Waals surface area contributed by atoms with Crippen LogP contribution in [-0.2, 0) is 5.75 Å². The van der Waals surface area contributed by atoms with Crippen molar-refractivity contribution in [3.8, 4) is 10.6 Å². The van der Waals surface area contributed by atoms with E-state index in [2.05, 4.69) is 42.2 Å². The highest BCUT2D eigenvalue weighted by molar-refractivity contribution is 7.98. The Balaban J connectivity index is 1.64. The summed E-state index contributed by atoms with van der Waals surface area (Å²) in [5.41, 5.74) is 3.47. The topological polar surface area (TPSA) is 25.8 Å². The van der Waals surface area contributed by atoms with Gasteiger partial charge in [0.15, 0.2) is 5.16 Å². The smallest absolute Gasteiger partial charge is 0.188 e. The summed E-state index contributed by atoms with van der Waals surface area (Å²) in [5.74, 6) is 0.866. The molecular formula is C20H15ClN2S2. The van der Waals surface area contributed by atoms with Crippen LogP contribution in [0.3, 0.4) is 0 Å². The number of hydrogen-bond acceptors (Lipinski definition) is 4. The third kappa shape index (κ3) is 3.56. The number of fused-ring (bicyclic) bond motifs is 1. The van der Waals surface area contributed by atoms with Gasteiger partial charge < -0.3 is 0 Å². The Kier molecular flexibility index (Phi) is 4.75. The van der Waals surface area contributed by atoms with Crippen LogP contribution in [0.1, 0.15) is 11.1 Å². The van der Waals surface area contributed by atoms with Crippen LogP contribution in [0.5, 0.6) is 0 Å². The maximum absolute atomic E-state index is 6.15. The number of hydrogen-bond donors (Lipinski definition) is 0. The summed E-state index contributed by atoms with van der Waals surface area (Å²) < 4.78 is 1.23.